The molecule has 0 fully saturated rings. The molecule has 0 amide bonds. The van der Waals surface area contributed by atoms with Crippen molar-refractivity contribution >= 4 is 23.9 Å². The molecule has 1 atom stereocenters. The molecule has 0 aliphatic carbocycles. The van der Waals surface area contributed by atoms with Crippen LogP contribution in [-0.4, -0.2) is 39.7 Å². The molecule has 12 heavy (non-hydrogen) atoms. The van der Waals surface area contributed by atoms with Crippen molar-refractivity contribution in [2.24, 2.45) is 9.98 Å². The maximum atomic E-state index is 10.5. The van der Waals surface area contributed by atoms with E-state index in [0.717, 1.165) is 6.21 Å². The molecule has 1 unspecified atom stereocenters. The predicted octanol–water partition coefficient (Wildman–Crippen LogP) is -0.603. The number of carboxylic acids is 2. The van der Waals surface area contributed by atoms with Crippen LogP contribution in [0.1, 0.15) is 6.92 Å². The Morgan fingerprint density at radius 3 is 2.33 bits per heavy atom. The Morgan fingerprint density at radius 2 is 2.08 bits per heavy atom. The van der Waals surface area contributed by atoms with Crippen molar-refractivity contribution in [2.75, 3.05) is 0 Å². The Hall–Kier alpha value is -1.72. The molecule has 1 heterocycles. The Bertz CT molecular complexity index is 307. The number of hydrogen-bond acceptors (Lipinski definition) is 4. The van der Waals surface area contributed by atoms with Gasteiger partial charge in [-0.3, -0.25) is 0 Å². The van der Waals surface area contributed by atoms with Gasteiger partial charge in [-0.05, 0) is 6.92 Å². The topological polar surface area (TPSA) is 99.3 Å². The smallest absolute Gasteiger partial charge is 0.355 e. The fraction of sp³-hybridized carbons (Fsp3) is 0.333. The molecule has 2 N–H and O–H groups in total. The first-order chi connectivity index (χ1) is 5.46. The van der Waals surface area contributed by atoms with Crippen molar-refractivity contribution in [2.45, 2.75) is 12.6 Å². The van der Waals surface area contributed by atoms with Gasteiger partial charge in [0.15, 0.2) is 5.71 Å². The van der Waals surface area contributed by atoms with Crippen LogP contribution >= 0.6 is 0 Å². The molecular weight excluding hydrogens is 164 g/mol. The van der Waals surface area contributed by atoms with Gasteiger partial charge in [0.1, 0.15) is 0 Å². The van der Waals surface area contributed by atoms with E-state index in [2.05, 4.69) is 9.98 Å². The second kappa shape index (κ2) is 2.40. The highest BCUT2D eigenvalue weighted by Crippen LogP contribution is 2.16. The lowest BCUT2D eigenvalue weighted by Gasteiger charge is -2.08. The van der Waals surface area contributed by atoms with Crippen LogP contribution in [0.4, 0.5) is 0 Å². The summed E-state index contributed by atoms with van der Waals surface area (Å²) in [6.07, 6.45) is 0.941. The van der Waals surface area contributed by atoms with Gasteiger partial charge in [0, 0.05) is 0 Å². The normalized spacial score (nSPS) is 26.9. The number of aliphatic carboxylic acids is 2. The van der Waals surface area contributed by atoms with E-state index >= 15 is 0 Å². The van der Waals surface area contributed by atoms with E-state index in [1.165, 1.54) is 6.92 Å². The summed E-state index contributed by atoms with van der Waals surface area (Å²) in [6.45, 7) is 1.22. The molecule has 6 nitrogen and oxygen atoms in total. The van der Waals surface area contributed by atoms with Crippen molar-refractivity contribution in [1.29, 1.82) is 0 Å². The molecule has 0 aromatic heterocycles. The number of carbonyl (C=O) groups is 2. The summed E-state index contributed by atoms with van der Waals surface area (Å²) in [6, 6.07) is 0. The van der Waals surface area contributed by atoms with Crippen molar-refractivity contribution < 1.29 is 19.8 Å². The minimum Gasteiger partial charge on any atom is -0.478 e. The second-order valence-corrected chi connectivity index (χ2v) is 2.39. The summed E-state index contributed by atoms with van der Waals surface area (Å²) in [4.78, 5) is 27.6. The van der Waals surface area contributed by atoms with Crippen LogP contribution in [-0.2, 0) is 9.59 Å². The summed E-state index contributed by atoms with van der Waals surface area (Å²) in [5, 5.41) is 17.0. The first-order valence-corrected chi connectivity index (χ1v) is 3.07. The molecule has 1 rings (SSSR count). The van der Waals surface area contributed by atoms with Crippen LogP contribution in [0.15, 0.2) is 9.98 Å². The van der Waals surface area contributed by atoms with Crippen LogP contribution in [0.5, 0.6) is 0 Å². The number of carboxylic acid groups (broad SMARTS) is 2. The van der Waals surface area contributed by atoms with E-state index in [-0.39, 0.29) is 5.71 Å². The molecule has 0 radical (unpaired) electrons. The van der Waals surface area contributed by atoms with Gasteiger partial charge in [0.05, 0.1) is 6.21 Å². The molecule has 0 saturated carbocycles. The zero-order valence-corrected chi connectivity index (χ0v) is 6.18. The van der Waals surface area contributed by atoms with Gasteiger partial charge in [0.25, 0.3) is 0 Å². The van der Waals surface area contributed by atoms with Gasteiger partial charge in [-0.1, -0.05) is 0 Å². The number of nitrogens with zero attached hydrogens (tertiary/aromatic N) is 2. The lowest BCUT2D eigenvalue weighted by Crippen LogP contribution is -2.29. The highest BCUT2D eigenvalue weighted by molar-refractivity contribution is 6.59. The second-order valence-electron chi connectivity index (χ2n) is 2.39. The number of rotatable bonds is 2. The zero-order valence-electron chi connectivity index (χ0n) is 6.18. The minimum absolute atomic E-state index is 0.333. The summed E-state index contributed by atoms with van der Waals surface area (Å²) < 4.78 is 0. The maximum absolute atomic E-state index is 10.5. The van der Waals surface area contributed by atoms with E-state index in [4.69, 9.17) is 10.2 Å². The van der Waals surface area contributed by atoms with Crippen molar-refractivity contribution in [3.8, 4) is 0 Å². The minimum atomic E-state index is -1.66. The zero-order chi connectivity index (χ0) is 9.35. The summed E-state index contributed by atoms with van der Waals surface area (Å²) in [5.74, 6) is -2.54. The van der Waals surface area contributed by atoms with E-state index < -0.39 is 17.6 Å². The SMILES string of the molecule is CC1(C(=O)O)N=CC(C(=O)O)=N1. The van der Waals surface area contributed by atoms with E-state index in [9.17, 15) is 9.59 Å². The van der Waals surface area contributed by atoms with Crippen molar-refractivity contribution in [3.63, 3.8) is 0 Å². The van der Waals surface area contributed by atoms with Crippen molar-refractivity contribution in [3.05, 3.63) is 0 Å². The third-order valence-corrected chi connectivity index (χ3v) is 1.40. The fourth-order valence-electron chi connectivity index (χ4n) is 0.685. The Labute approximate surface area is 67.3 Å². The molecule has 0 aromatic rings. The summed E-state index contributed by atoms with van der Waals surface area (Å²) in [5.41, 5.74) is -1.99. The Morgan fingerprint density at radius 1 is 1.50 bits per heavy atom. The highest BCUT2D eigenvalue weighted by atomic mass is 16.4. The molecule has 0 saturated heterocycles. The van der Waals surface area contributed by atoms with Gasteiger partial charge >= 0.3 is 11.9 Å². The van der Waals surface area contributed by atoms with Crippen molar-refractivity contribution in [1.82, 2.24) is 0 Å². The third-order valence-electron chi connectivity index (χ3n) is 1.40. The van der Waals surface area contributed by atoms with Crippen LogP contribution in [0.2, 0.25) is 0 Å². The maximum Gasteiger partial charge on any atom is 0.355 e. The molecule has 0 bridgehead atoms. The first-order valence-electron chi connectivity index (χ1n) is 3.07. The quantitative estimate of drug-likeness (QED) is 0.577. The van der Waals surface area contributed by atoms with E-state index in [1.807, 2.05) is 0 Å². The van der Waals surface area contributed by atoms with Crippen LogP contribution < -0.4 is 0 Å². The predicted molar refractivity (Wildman–Crippen MR) is 39.6 cm³/mol. The molecule has 1 aliphatic rings. The lowest BCUT2D eigenvalue weighted by atomic mass is 10.2. The van der Waals surface area contributed by atoms with Gasteiger partial charge in [-0.15, -0.1) is 0 Å². The first kappa shape index (κ1) is 8.38. The Balaban J connectivity index is 2.99. The van der Waals surface area contributed by atoms with Crippen LogP contribution in [0, 0.1) is 0 Å². The average molecular weight is 170 g/mol. The summed E-state index contributed by atoms with van der Waals surface area (Å²) in [7, 11) is 0. The molecule has 64 valence electrons. The largest absolute Gasteiger partial charge is 0.478 e. The monoisotopic (exact) mass is 170 g/mol. The summed E-state index contributed by atoms with van der Waals surface area (Å²) >= 11 is 0. The number of aliphatic imine (C=N–C) groups is 2. The van der Waals surface area contributed by atoms with E-state index in [0.29, 0.717) is 0 Å². The van der Waals surface area contributed by atoms with Gasteiger partial charge in [0.2, 0.25) is 5.66 Å². The Kier molecular flexibility index (Phi) is 1.68. The van der Waals surface area contributed by atoms with Crippen LogP contribution in [0.25, 0.3) is 0 Å². The average Bonchev–Trinajstić information content (AvgIpc) is 2.33. The molecular formula is C6H6N2O4. The molecule has 0 aromatic carbocycles. The third kappa shape index (κ3) is 1.18. The fourth-order valence-corrected chi connectivity index (χ4v) is 0.685. The highest BCUT2D eigenvalue weighted by Gasteiger charge is 2.36. The van der Waals surface area contributed by atoms with Gasteiger partial charge < -0.3 is 10.2 Å². The van der Waals surface area contributed by atoms with E-state index in [1.54, 1.807) is 0 Å². The molecule has 0 spiro atoms. The van der Waals surface area contributed by atoms with Gasteiger partial charge in [-0.25, -0.2) is 19.6 Å². The standard InChI is InChI=1S/C6H6N2O4/c1-6(5(11)12)7-2-3(8-6)4(9)10/h2H,1H3,(H,9,10)(H,11,12). The van der Waals surface area contributed by atoms with Crippen LogP contribution in [0.3, 0.4) is 0 Å². The number of hydrogen-bond donors (Lipinski definition) is 2. The lowest BCUT2D eigenvalue weighted by molar-refractivity contribution is -0.142. The molecule has 6 heteroatoms. The molecule has 1 aliphatic heterocycles. The van der Waals surface area contributed by atoms with Gasteiger partial charge in [-0.2, -0.15) is 0 Å².